The number of benzene rings is 1. The van der Waals surface area contributed by atoms with Crippen molar-refractivity contribution in [3.05, 3.63) is 42.4 Å². The Labute approximate surface area is 190 Å². The molecule has 0 spiro atoms. The lowest BCUT2D eigenvalue weighted by atomic mass is 10.2. The van der Waals surface area contributed by atoms with Gasteiger partial charge in [-0.1, -0.05) is 30.3 Å². The average molecular weight is 513 g/mol. The van der Waals surface area contributed by atoms with Crippen LogP contribution in [0.2, 0.25) is 0 Å². The fourth-order valence-corrected chi connectivity index (χ4v) is 3.07. The first-order chi connectivity index (χ1) is 13.8. The summed E-state index contributed by atoms with van der Waals surface area (Å²) in [5.41, 5.74) is 2.13. The van der Waals surface area contributed by atoms with Crippen LogP contribution >= 0.6 is 24.0 Å². The van der Waals surface area contributed by atoms with Crippen molar-refractivity contribution in [3.8, 4) is 11.3 Å². The molecule has 1 aromatic heterocycles. The Kier molecular flexibility index (Phi) is 11.0. The normalized spacial score (nSPS) is 16.4. The van der Waals surface area contributed by atoms with Crippen LogP contribution in [-0.4, -0.2) is 54.9 Å². The van der Waals surface area contributed by atoms with Gasteiger partial charge in [0.2, 0.25) is 0 Å². The van der Waals surface area contributed by atoms with E-state index in [4.69, 9.17) is 9.47 Å². The summed E-state index contributed by atoms with van der Waals surface area (Å²) >= 11 is 0. The number of imidazole rings is 1. The summed E-state index contributed by atoms with van der Waals surface area (Å²) in [5.74, 6) is 1.63. The van der Waals surface area contributed by atoms with E-state index in [-0.39, 0.29) is 24.0 Å². The number of aliphatic imine (C=N–C) groups is 1. The average Bonchev–Trinajstić information content (AvgIpc) is 3.41. The van der Waals surface area contributed by atoms with Crippen molar-refractivity contribution in [1.29, 1.82) is 0 Å². The molecule has 1 aromatic carbocycles. The standard InChI is InChI=1S/C21H31N5O2.HI/c1-2-22-21(23-11-7-12-27-16-18-10-6-13-28-18)25-15-20-24-14-19(26-20)17-8-4-3-5-9-17;/h3-5,8-9,14,18H,2,6-7,10-13,15-16H2,1H3,(H,24,26)(H2,22,23,25);1H. The molecule has 1 aliphatic rings. The number of rotatable bonds is 10. The zero-order valence-electron chi connectivity index (χ0n) is 17.0. The van der Waals surface area contributed by atoms with Crippen molar-refractivity contribution in [2.24, 2.45) is 4.99 Å². The number of aromatic nitrogens is 2. The zero-order valence-corrected chi connectivity index (χ0v) is 19.4. The third-order valence-corrected chi connectivity index (χ3v) is 4.53. The van der Waals surface area contributed by atoms with Crippen LogP contribution in [0, 0.1) is 0 Å². The first-order valence-corrected chi connectivity index (χ1v) is 10.2. The minimum Gasteiger partial charge on any atom is -0.379 e. The molecule has 1 atom stereocenters. The van der Waals surface area contributed by atoms with Gasteiger partial charge >= 0.3 is 0 Å². The van der Waals surface area contributed by atoms with Crippen molar-refractivity contribution in [2.45, 2.75) is 38.8 Å². The Morgan fingerprint density at radius 2 is 2.17 bits per heavy atom. The molecule has 0 aliphatic carbocycles. The van der Waals surface area contributed by atoms with E-state index in [0.717, 1.165) is 68.6 Å². The van der Waals surface area contributed by atoms with E-state index in [1.54, 1.807) is 0 Å². The largest absolute Gasteiger partial charge is 0.379 e. The molecule has 0 bridgehead atoms. The molecule has 29 heavy (non-hydrogen) atoms. The van der Waals surface area contributed by atoms with E-state index in [1.807, 2.05) is 24.4 Å². The van der Waals surface area contributed by atoms with Crippen LogP contribution in [0.5, 0.6) is 0 Å². The maximum absolute atomic E-state index is 5.69. The molecule has 2 heterocycles. The minimum absolute atomic E-state index is 0. The van der Waals surface area contributed by atoms with Crippen molar-refractivity contribution in [1.82, 2.24) is 20.6 Å². The number of hydrogen-bond acceptors (Lipinski definition) is 4. The summed E-state index contributed by atoms with van der Waals surface area (Å²) in [6, 6.07) is 10.2. The second-order valence-corrected chi connectivity index (χ2v) is 6.80. The van der Waals surface area contributed by atoms with Crippen molar-refractivity contribution in [2.75, 3.05) is 32.9 Å². The molecule has 1 fully saturated rings. The summed E-state index contributed by atoms with van der Waals surface area (Å²) < 4.78 is 11.2. The molecule has 0 radical (unpaired) electrons. The predicted octanol–water partition coefficient (Wildman–Crippen LogP) is 3.34. The Bertz CT molecular complexity index is 717. The fraction of sp³-hybridized carbons (Fsp3) is 0.524. The molecule has 160 valence electrons. The molecule has 1 unspecified atom stereocenters. The van der Waals surface area contributed by atoms with Gasteiger partial charge in [-0.05, 0) is 31.7 Å². The molecule has 1 aliphatic heterocycles. The Morgan fingerprint density at radius 1 is 1.31 bits per heavy atom. The van der Waals surface area contributed by atoms with Crippen LogP contribution < -0.4 is 10.6 Å². The second kappa shape index (κ2) is 13.6. The number of ether oxygens (including phenoxy) is 2. The number of halogens is 1. The summed E-state index contributed by atoms with van der Waals surface area (Å²) in [7, 11) is 0. The lowest BCUT2D eigenvalue weighted by molar-refractivity contribution is 0.0168. The summed E-state index contributed by atoms with van der Waals surface area (Å²) in [4.78, 5) is 12.4. The van der Waals surface area contributed by atoms with Crippen molar-refractivity contribution in [3.63, 3.8) is 0 Å². The van der Waals surface area contributed by atoms with Gasteiger partial charge in [-0.25, -0.2) is 9.98 Å². The van der Waals surface area contributed by atoms with Crippen molar-refractivity contribution >= 4 is 29.9 Å². The number of nitrogens with one attached hydrogen (secondary N) is 3. The molecule has 8 heteroatoms. The van der Waals surface area contributed by atoms with Gasteiger partial charge in [-0.3, -0.25) is 0 Å². The number of guanidine groups is 1. The van der Waals surface area contributed by atoms with E-state index >= 15 is 0 Å². The molecular weight excluding hydrogens is 481 g/mol. The topological polar surface area (TPSA) is 83.6 Å². The van der Waals surface area contributed by atoms with Crippen LogP contribution in [0.1, 0.15) is 32.0 Å². The highest BCUT2D eigenvalue weighted by Crippen LogP contribution is 2.16. The Hall–Kier alpha value is -1.65. The molecule has 1 saturated heterocycles. The predicted molar refractivity (Wildman–Crippen MR) is 127 cm³/mol. The van der Waals surface area contributed by atoms with Gasteiger partial charge in [0.25, 0.3) is 0 Å². The van der Waals surface area contributed by atoms with E-state index in [2.05, 4.69) is 44.7 Å². The van der Waals surface area contributed by atoms with Gasteiger partial charge in [-0.2, -0.15) is 0 Å². The van der Waals surface area contributed by atoms with Crippen LogP contribution in [0.4, 0.5) is 0 Å². The smallest absolute Gasteiger partial charge is 0.191 e. The summed E-state index contributed by atoms with van der Waals surface area (Å²) in [6.45, 7) is 6.49. The van der Waals surface area contributed by atoms with Crippen LogP contribution in [0.3, 0.4) is 0 Å². The van der Waals surface area contributed by atoms with Crippen LogP contribution in [0.15, 0.2) is 41.5 Å². The maximum Gasteiger partial charge on any atom is 0.191 e. The van der Waals surface area contributed by atoms with E-state index in [0.29, 0.717) is 19.3 Å². The first kappa shape index (κ1) is 23.6. The SMILES string of the molecule is CCNC(=NCc1ncc(-c2ccccc2)[nH]1)NCCCOCC1CCCO1.I. The van der Waals surface area contributed by atoms with Crippen molar-refractivity contribution < 1.29 is 9.47 Å². The molecular formula is C21H32IN5O2. The molecule has 0 amide bonds. The van der Waals surface area contributed by atoms with E-state index in [9.17, 15) is 0 Å². The number of nitrogens with zero attached hydrogens (tertiary/aromatic N) is 2. The Morgan fingerprint density at radius 3 is 2.93 bits per heavy atom. The summed E-state index contributed by atoms with van der Waals surface area (Å²) in [6.07, 6.45) is 5.34. The van der Waals surface area contributed by atoms with Gasteiger partial charge < -0.3 is 25.1 Å². The van der Waals surface area contributed by atoms with E-state index < -0.39 is 0 Å². The monoisotopic (exact) mass is 513 g/mol. The highest BCUT2D eigenvalue weighted by atomic mass is 127. The Balaban J connectivity index is 0.00000300. The molecule has 3 rings (SSSR count). The maximum atomic E-state index is 5.69. The molecule has 2 aromatic rings. The second-order valence-electron chi connectivity index (χ2n) is 6.80. The number of hydrogen-bond donors (Lipinski definition) is 3. The molecule has 0 saturated carbocycles. The first-order valence-electron chi connectivity index (χ1n) is 10.2. The zero-order chi connectivity index (χ0) is 19.4. The highest BCUT2D eigenvalue weighted by Gasteiger charge is 2.14. The van der Waals surface area contributed by atoms with Gasteiger partial charge in [0.05, 0.1) is 24.6 Å². The lowest BCUT2D eigenvalue weighted by Crippen LogP contribution is -2.38. The molecule has 7 nitrogen and oxygen atoms in total. The third kappa shape index (κ3) is 8.31. The third-order valence-electron chi connectivity index (χ3n) is 4.53. The quantitative estimate of drug-likeness (QED) is 0.197. The summed E-state index contributed by atoms with van der Waals surface area (Å²) in [5, 5.41) is 6.61. The number of H-pyrrole nitrogens is 1. The lowest BCUT2D eigenvalue weighted by Gasteiger charge is -2.12. The minimum atomic E-state index is 0. The highest BCUT2D eigenvalue weighted by molar-refractivity contribution is 14.0. The van der Waals surface area contributed by atoms with Crippen LogP contribution in [-0.2, 0) is 16.0 Å². The fourth-order valence-electron chi connectivity index (χ4n) is 3.07. The van der Waals surface area contributed by atoms with Gasteiger partial charge in [0, 0.05) is 26.3 Å². The van der Waals surface area contributed by atoms with Gasteiger partial charge in [0.1, 0.15) is 12.4 Å². The molecule has 3 N–H and O–H groups in total. The van der Waals surface area contributed by atoms with Gasteiger partial charge in [-0.15, -0.1) is 24.0 Å². The number of aromatic amines is 1. The van der Waals surface area contributed by atoms with E-state index in [1.165, 1.54) is 0 Å². The van der Waals surface area contributed by atoms with Gasteiger partial charge in [0.15, 0.2) is 5.96 Å². The van der Waals surface area contributed by atoms with Crippen LogP contribution in [0.25, 0.3) is 11.3 Å².